The highest BCUT2D eigenvalue weighted by Gasteiger charge is 2.12. The summed E-state index contributed by atoms with van der Waals surface area (Å²) < 4.78 is 14.8. The number of rotatable bonds is 16. The highest BCUT2D eigenvalue weighted by molar-refractivity contribution is 7.46. The molecule has 0 unspecified atom stereocenters. The number of amides is 1. The van der Waals surface area contributed by atoms with Crippen LogP contribution in [0.15, 0.2) is 0 Å². The molecule has 0 aliphatic carbocycles. The Hall–Kier alpha value is -0.460. The van der Waals surface area contributed by atoms with E-state index in [0.29, 0.717) is 12.8 Å². The number of carbonyl (C=O) groups is 1. The first-order valence-electron chi connectivity index (χ1n) is 8.59. The van der Waals surface area contributed by atoms with E-state index in [-0.39, 0.29) is 12.5 Å². The van der Waals surface area contributed by atoms with Crippen LogP contribution < -0.4 is 5.48 Å². The molecule has 0 heterocycles. The molecule has 7 nitrogen and oxygen atoms in total. The van der Waals surface area contributed by atoms with Crippen LogP contribution in [0.4, 0.5) is 0 Å². The molecular weight excluding hydrogens is 321 g/mol. The molecule has 0 atom stereocenters. The summed E-state index contributed by atoms with van der Waals surface area (Å²) in [6.07, 6.45) is 13.4. The van der Waals surface area contributed by atoms with Gasteiger partial charge in [-0.2, -0.15) is 0 Å². The number of nitrogens with one attached hydrogen (secondary N) is 1. The van der Waals surface area contributed by atoms with Gasteiger partial charge < -0.3 is 9.79 Å². The van der Waals surface area contributed by atoms with Gasteiger partial charge in [-0.15, -0.1) is 0 Å². The first kappa shape index (κ1) is 22.5. The third kappa shape index (κ3) is 19.5. The monoisotopic (exact) mass is 353 g/mol. The van der Waals surface area contributed by atoms with Crippen LogP contribution in [0.5, 0.6) is 0 Å². The van der Waals surface area contributed by atoms with Crippen molar-refractivity contribution in [2.24, 2.45) is 0 Å². The van der Waals surface area contributed by atoms with Gasteiger partial charge in [0.2, 0.25) is 5.91 Å². The smallest absolute Gasteiger partial charge is 0.303 e. The van der Waals surface area contributed by atoms with Gasteiger partial charge in [0.1, 0.15) is 0 Å². The van der Waals surface area contributed by atoms with Crippen molar-refractivity contribution in [2.45, 2.75) is 83.5 Å². The Morgan fingerprint density at radius 3 is 1.57 bits per heavy atom. The van der Waals surface area contributed by atoms with Crippen molar-refractivity contribution >= 4 is 13.7 Å². The van der Waals surface area contributed by atoms with Gasteiger partial charge in [0.15, 0.2) is 0 Å². The van der Waals surface area contributed by atoms with E-state index in [1.54, 1.807) is 5.48 Å². The number of hydroxylamine groups is 1. The van der Waals surface area contributed by atoms with Gasteiger partial charge in [0.05, 0.1) is 6.61 Å². The second kappa shape index (κ2) is 15.1. The zero-order valence-electron chi connectivity index (χ0n) is 13.9. The molecule has 0 aliphatic heterocycles. The highest BCUT2D eigenvalue weighted by Crippen LogP contribution is 2.35. The van der Waals surface area contributed by atoms with E-state index in [1.807, 2.05) is 0 Å². The maximum atomic E-state index is 10.8. The van der Waals surface area contributed by atoms with Crippen LogP contribution in [0, 0.1) is 0 Å². The largest absolute Gasteiger partial charge is 0.469 e. The Kier molecular flexibility index (Phi) is 14.8. The minimum absolute atomic E-state index is 0.129. The lowest BCUT2D eigenvalue weighted by atomic mass is 10.0. The highest BCUT2D eigenvalue weighted by atomic mass is 31.2. The first-order valence-corrected chi connectivity index (χ1v) is 10.1. The predicted octanol–water partition coefficient (Wildman–Crippen LogP) is 3.67. The summed E-state index contributed by atoms with van der Waals surface area (Å²) in [7, 11) is -4.29. The van der Waals surface area contributed by atoms with Crippen LogP contribution in [0.2, 0.25) is 0 Å². The zero-order chi connectivity index (χ0) is 17.4. The minimum Gasteiger partial charge on any atom is -0.303 e. The Balaban J connectivity index is 3.08. The Labute approximate surface area is 139 Å². The van der Waals surface area contributed by atoms with Crippen LogP contribution in [-0.4, -0.2) is 27.5 Å². The van der Waals surface area contributed by atoms with E-state index < -0.39 is 7.82 Å². The maximum absolute atomic E-state index is 10.8. The van der Waals surface area contributed by atoms with E-state index >= 15 is 0 Å². The number of phosphoric acid groups is 1. The SMILES string of the molecule is O=C(CCCCCCCCCCCCCCOP(=O)(O)O)NO. The molecule has 0 saturated heterocycles. The summed E-state index contributed by atoms with van der Waals surface area (Å²) in [5, 5.41) is 8.33. The van der Waals surface area contributed by atoms with E-state index in [0.717, 1.165) is 38.5 Å². The quantitative estimate of drug-likeness (QED) is 0.146. The number of phosphoric ester groups is 1. The lowest BCUT2D eigenvalue weighted by Crippen LogP contribution is -2.17. The number of carbonyl (C=O) groups excluding carboxylic acids is 1. The topological polar surface area (TPSA) is 116 Å². The van der Waals surface area contributed by atoms with E-state index in [9.17, 15) is 9.36 Å². The van der Waals surface area contributed by atoms with Crippen LogP contribution in [-0.2, 0) is 13.9 Å². The van der Waals surface area contributed by atoms with Crippen molar-refractivity contribution in [3.63, 3.8) is 0 Å². The third-order valence-corrected chi connectivity index (χ3v) is 4.20. The molecule has 1 amide bonds. The van der Waals surface area contributed by atoms with Gasteiger partial charge >= 0.3 is 7.82 Å². The number of hydrogen-bond donors (Lipinski definition) is 4. The summed E-state index contributed by atoms with van der Waals surface area (Å²) >= 11 is 0. The fraction of sp³-hybridized carbons (Fsp3) is 0.933. The van der Waals surface area contributed by atoms with Crippen LogP contribution >= 0.6 is 7.82 Å². The summed E-state index contributed by atoms with van der Waals surface area (Å²) in [6, 6.07) is 0. The van der Waals surface area contributed by atoms with Crippen LogP contribution in [0.1, 0.15) is 83.5 Å². The molecule has 0 aromatic rings. The summed E-state index contributed by atoms with van der Waals surface area (Å²) in [5.74, 6) is -0.307. The minimum atomic E-state index is -4.29. The molecule has 0 aromatic heterocycles. The van der Waals surface area contributed by atoms with Crippen LogP contribution in [0.3, 0.4) is 0 Å². The van der Waals surface area contributed by atoms with Crippen molar-refractivity contribution in [3.8, 4) is 0 Å². The van der Waals surface area contributed by atoms with Gasteiger partial charge in [-0.05, 0) is 12.8 Å². The van der Waals surface area contributed by atoms with Crippen molar-refractivity contribution in [1.82, 2.24) is 5.48 Å². The van der Waals surface area contributed by atoms with Crippen molar-refractivity contribution in [2.75, 3.05) is 6.61 Å². The zero-order valence-corrected chi connectivity index (χ0v) is 14.8. The summed E-state index contributed by atoms with van der Waals surface area (Å²) in [5.41, 5.74) is 1.64. The second-order valence-electron chi connectivity index (χ2n) is 5.85. The molecule has 0 spiro atoms. The van der Waals surface area contributed by atoms with Crippen LogP contribution in [0.25, 0.3) is 0 Å². The Morgan fingerprint density at radius 2 is 1.17 bits per heavy atom. The average Bonchev–Trinajstić information content (AvgIpc) is 2.49. The molecule has 0 rings (SSSR count). The fourth-order valence-corrected chi connectivity index (χ4v) is 2.76. The molecular formula is C15H32NO6P. The lowest BCUT2D eigenvalue weighted by Gasteiger charge is -2.05. The third-order valence-electron chi connectivity index (χ3n) is 3.68. The van der Waals surface area contributed by atoms with Crippen molar-refractivity contribution in [1.29, 1.82) is 0 Å². The molecule has 23 heavy (non-hydrogen) atoms. The molecule has 0 radical (unpaired) electrons. The Morgan fingerprint density at radius 1 is 0.783 bits per heavy atom. The van der Waals surface area contributed by atoms with E-state index in [4.69, 9.17) is 15.0 Å². The van der Waals surface area contributed by atoms with Gasteiger partial charge in [0, 0.05) is 6.42 Å². The molecule has 0 aromatic carbocycles. The van der Waals surface area contributed by atoms with Crippen molar-refractivity contribution in [3.05, 3.63) is 0 Å². The van der Waals surface area contributed by atoms with E-state index in [2.05, 4.69) is 4.52 Å². The van der Waals surface area contributed by atoms with E-state index in [1.165, 1.54) is 32.1 Å². The van der Waals surface area contributed by atoms with Gasteiger partial charge in [-0.1, -0.05) is 64.2 Å². The molecule has 138 valence electrons. The number of hydrogen-bond acceptors (Lipinski definition) is 4. The normalized spacial score (nSPS) is 11.6. The predicted molar refractivity (Wildman–Crippen MR) is 87.9 cm³/mol. The Bertz CT molecular complexity index is 334. The molecule has 0 aliphatic rings. The standard InChI is InChI=1S/C15H32NO6P/c17-15(16-18)13-11-9-7-5-3-1-2-4-6-8-10-12-14-22-23(19,20)21/h18H,1-14H2,(H,16,17)(H2,19,20,21). The molecule has 0 saturated carbocycles. The summed E-state index contributed by atoms with van der Waals surface area (Å²) in [6.45, 7) is 0.129. The second-order valence-corrected chi connectivity index (χ2v) is 7.09. The first-order chi connectivity index (χ1) is 11.0. The summed E-state index contributed by atoms with van der Waals surface area (Å²) in [4.78, 5) is 27.8. The maximum Gasteiger partial charge on any atom is 0.469 e. The number of unbranched alkanes of at least 4 members (excludes halogenated alkanes) is 11. The fourth-order valence-electron chi connectivity index (χ4n) is 2.39. The van der Waals surface area contributed by atoms with Crippen molar-refractivity contribution < 1.29 is 28.9 Å². The molecule has 0 fully saturated rings. The molecule has 8 heteroatoms. The molecule has 4 N–H and O–H groups in total. The van der Waals surface area contributed by atoms with Gasteiger partial charge in [-0.3, -0.25) is 14.5 Å². The van der Waals surface area contributed by atoms with Gasteiger partial charge in [0.25, 0.3) is 0 Å². The lowest BCUT2D eigenvalue weighted by molar-refractivity contribution is -0.129. The molecule has 0 bridgehead atoms. The van der Waals surface area contributed by atoms with Gasteiger partial charge in [-0.25, -0.2) is 10.0 Å². The average molecular weight is 353 g/mol.